The molecule has 1 aliphatic rings. The van der Waals surface area contributed by atoms with Gasteiger partial charge in [-0.15, -0.1) is 0 Å². The van der Waals surface area contributed by atoms with E-state index in [2.05, 4.69) is 34.4 Å². The van der Waals surface area contributed by atoms with Crippen LogP contribution in [0.3, 0.4) is 0 Å². The van der Waals surface area contributed by atoms with E-state index >= 15 is 0 Å². The zero-order valence-corrected chi connectivity index (χ0v) is 17.3. The molecule has 0 aromatic heterocycles. The molecule has 0 aliphatic carbocycles. The van der Waals surface area contributed by atoms with Crippen molar-refractivity contribution in [1.82, 2.24) is 15.5 Å². The van der Waals surface area contributed by atoms with Crippen LogP contribution in [-0.2, 0) is 11.3 Å². The van der Waals surface area contributed by atoms with Crippen molar-refractivity contribution in [2.24, 2.45) is 4.99 Å². The molecule has 0 amide bonds. The van der Waals surface area contributed by atoms with Crippen molar-refractivity contribution in [1.29, 1.82) is 0 Å². The number of ether oxygens (including phenoxy) is 2. The largest absolute Gasteiger partial charge is 0.484 e. The summed E-state index contributed by atoms with van der Waals surface area (Å²) in [4.78, 5) is 6.94. The fourth-order valence-electron chi connectivity index (χ4n) is 2.99. The molecule has 0 spiro atoms. The Morgan fingerprint density at radius 3 is 2.59 bits per heavy atom. The number of hydrogen-bond acceptors (Lipinski definition) is 4. The average molecular weight is 416 g/mol. The van der Waals surface area contributed by atoms with Gasteiger partial charge in [-0.3, -0.25) is 4.90 Å². The fraction of sp³-hybridized carbons (Fsp3) is 0.650. The number of morpholine rings is 1. The molecule has 1 aliphatic heterocycles. The molecule has 1 fully saturated rings. The van der Waals surface area contributed by atoms with Gasteiger partial charge in [-0.1, -0.05) is 12.1 Å². The lowest BCUT2D eigenvalue weighted by atomic mass is 10.0. The number of alkyl halides is 3. The first-order valence-corrected chi connectivity index (χ1v) is 9.83. The van der Waals surface area contributed by atoms with Crippen LogP contribution in [0.15, 0.2) is 29.3 Å². The van der Waals surface area contributed by atoms with E-state index in [1.807, 2.05) is 13.0 Å². The molecule has 1 aromatic carbocycles. The van der Waals surface area contributed by atoms with Crippen LogP contribution >= 0.6 is 0 Å². The van der Waals surface area contributed by atoms with Crippen molar-refractivity contribution in [2.75, 3.05) is 46.0 Å². The van der Waals surface area contributed by atoms with Gasteiger partial charge < -0.3 is 20.1 Å². The molecule has 1 aromatic rings. The predicted octanol–water partition coefficient (Wildman–Crippen LogP) is 2.79. The smallest absolute Gasteiger partial charge is 0.422 e. The second kappa shape index (κ2) is 10.7. The molecular formula is C20H31F3N4O2. The summed E-state index contributed by atoms with van der Waals surface area (Å²) in [6, 6.07) is 6.56. The summed E-state index contributed by atoms with van der Waals surface area (Å²) in [5.41, 5.74) is 0.708. The third-order valence-corrected chi connectivity index (χ3v) is 4.62. The topological polar surface area (TPSA) is 58.1 Å². The van der Waals surface area contributed by atoms with Crippen molar-refractivity contribution >= 4 is 5.96 Å². The summed E-state index contributed by atoms with van der Waals surface area (Å²) in [5.74, 6) is 0.844. The van der Waals surface area contributed by atoms with E-state index in [4.69, 9.17) is 9.47 Å². The second-order valence-corrected chi connectivity index (χ2v) is 7.51. The number of guanidine groups is 1. The van der Waals surface area contributed by atoms with Crippen LogP contribution in [0.25, 0.3) is 0 Å². The molecule has 0 saturated carbocycles. The van der Waals surface area contributed by atoms with Crippen LogP contribution in [0.4, 0.5) is 13.2 Å². The highest BCUT2D eigenvalue weighted by molar-refractivity contribution is 5.79. The summed E-state index contributed by atoms with van der Waals surface area (Å²) in [6.07, 6.45) is -4.36. The van der Waals surface area contributed by atoms with E-state index in [0.29, 0.717) is 25.6 Å². The molecule has 1 saturated heterocycles. The van der Waals surface area contributed by atoms with E-state index in [1.165, 1.54) is 6.07 Å². The van der Waals surface area contributed by atoms with Crippen molar-refractivity contribution < 1.29 is 22.6 Å². The molecule has 2 N–H and O–H groups in total. The number of halogens is 3. The zero-order chi connectivity index (χ0) is 21.3. The van der Waals surface area contributed by atoms with Crippen molar-refractivity contribution in [3.63, 3.8) is 0 Å². The van der Waals surface area contributed by atoms with E-state index in [9.17, 15) is 13.2 Å². The van der Waals surface area contributed by atoms with Crippen LogP contribution in [0.1, 0.15) is 26.3 Å². The molecule has 9 heteroatoms. The van der Waals surface area contributed by atoms with Crippen molar-refractivity contribution in [3.8, 4) is 5.75 Å². The van der Waals surface area contributed by atoms with Crippen molar-refractivity contribution in [2.45, 2.75) is 39.0 Å². The number of nitrogens with zero attached hydrogens (tertiary/aromatic N) is 2. The molecule has 6 nitrogen and oxygen atoms in total. The van der Waals surface area contributed by atoms with E-state index in [0.717, 1.165) is 31.9 Å². The first-order valence-electron chi connectivity index (χ1n) is 9.83. The fourth-order valence-corrected chi connectivity index (χ4v) is 2.99. The lowest BCUT2D eigenvalue weighted by Gasteiger charge is -2.41. The van der Waals surface area contributed by atoms with Gasteiger partial charge in [0.05, 0.1) is 19.8 Å². The van der Waals surface area contributed by atoms with Crippen LogP contribution < -0.4 is 15.4 Å². The third-order valence-electron chi connectivity index (χ3n) is 4.62. The standard InChI is InChI=1S/C20H31F3N4O2/c1-4-24-18(26-14-19(2,3)27-8-10-28-11-9-27)25-13-16-6-5-7-17(12-16)29-15-20(21,22)23/h5-7,12H,4,8-11,13-15H2,1-3H3,(H2,24,25,26). The maximum absolute atomic E-state index is 12.3. The van der Waals surface area contributed by atoms with Crippen LogP contribution in [0.5, 0.6) is 5.75 Å². The lowest BCUT2D eigenvalue weighted by molar-refractivity contribution is -0.153. The molecule has 29 heavy (non-hydrogen) atoms. The van der Waals surface area contributed by atoms with E-state index in [1.54, 1.807) is 12.1 Å². The van der Waals surface area contributed by atoms with Crippen molar-refractivity contribution in [3.05, 3.63) is 29.8 Å². The lowest BCUT2D eigenvalue weighted by Crippen LogP contribution is -2.56. The summed E-state index contributed by atoms with van der Waals surface area (Å²) in [5, 5.41) is 6.57. The Morgan fingerprint density at radius 1 is 1.21 bits per heavy atom. The summed E-state index contributed by atoms with van der Waals surface area (Å²) >= 11 is 0. The molecule has 1 heterocycles. The summed E-state index contributed by atoms with van der Waals surface area (Å²) in [7, 11) is 0. The Kier molecular flexibility index (Phi) is 8.58. The zero-order valence-electron chi connectivity index (χ0n) is 17.3. The van der Waals surface area contributed by atoms with Gasteiger partial charge in [0.25, 0.3) is 0 Å². The monoisotopic (exact) mass is 416 g/mol. The van der Waals surface area contributed by atoms with Crippen LogP contribution in [-0.4, -0.2) is 68.6 Å². The first kappa shape index (κ1) is 23.3. The molecule has 0 bridgehead atoms. The molecular weight excluding hydrogens is 385 g/mol. The van der Waals surface area contributed by atoms with Gasteiger partial charge in [0.15, 0.2) is 12.6 Å². The number of rotatable bonds is 8. The van der Waals surface area contributed by atoms with E-state index in [-0.39, 0.29) is 11.3 Å². The minimum atomic E-state index is -4.36. The van der Waals surface area contributed by atoms with Gasteiger partial charge in [0.2, 0.25) is 0 Å². The Labute approximate surface area is 170 Å². The quantitative estimate of drug-likeness (QED) is 0.504. The summed E-state index contributed by atoms with van der Waals surface area (Å²) in [6.45, 7) is 10.0. The van der Waals surface area contributed by atoms with Gasteiger partial charge >= 0.3 is 6.18 Å². The highest BCUT2D eigenvalue weighted by Crippen LogP contribution is 2.20. The van der Waals surface area contributed by atoms with Gasteiger partial charge in [-0.05, 0) is 38.5 Å². The third kappa shape index (κ3) is 8.49. The Morgan fingerprint density at radius 2 is 1.93 bits per heavy atom. The first-order chi connectivity index (χ1) is 13.7. The predicted molar refractivity (Wildman–Crippen MR) is 107 cm³/mol. The van der Waals surface area contributed by atoms with E-state index < -0.39 is 12.8 Å². The Hall–Kier alpha value is -2.00. The number of benzene rings is 1. The maximum atomic E-state index is 12.3. The number of hydrogen-bond donors (Lipinski definition) is 2. The SMILES string of the molecule is CCNC(=NCc1cccc(OCC(F)(F)F)c1)NCC(C)(C)N1CCOCC1. The molecule has 2 rings (SSSR count). The molecule has 0 atom stereocenters. The average Bonchev–Trinajstić information content (AvgIpc) is 2.69. The Bertz CT molecular complexity index is 659. The summed E-state index contributed by atoms with van der Waals surface area (Å²) < 4.78 is 47.2. The molecule has 164 valence electrons. The van der Waals surface area contributed by atoms with Gasteiger partial charge in [0, 0.05) is 31.7 Å². The van der Waals surface area contributed by atoms with Gasteiger partial charge in [-0.25, -0.2) is 4.99 Å². The second-order valence-electron chi connectivity index (χ2n) is 7.51. The normalized spacial score (nSPS) is 16.6. The number of aliphatic imine (C=N–C) groups is 1. The highest BCUT2D eigenvalue weighted by Gasteiger charge is 2.29. The van der Waals surface area contributed by atoms with Gasteiger partial charge in [-0.2, -0.15) is 13.2 Å². The van der Waals surface area contributed by atoms with Gasteiger partial charge in [0.1, 0.15) is 5.75 Å². The van der Waals surface area contributed by atoms with Crippen LogP contribution in [0, 0.1) is 0 Å². The van der Waals surface area contributed by atoms with Crippen LogP contribution in [0.2, 0.25) is 0 Å². The minimum Gasteiger partial charge on any atom is -0.484 e. The Balaban J connectivity index is 1.94. The highest BCUT2D eigenvalue weighted by atomic mass is 19.4. The minimum absolute atomic E-state index is 0.0642. The molecule has 0 unspecified atom stereocenters. The number of nitrogens with one attached hydrogen (secondary N) is 2. The molecule has 0 radical (unpaired) electrons. The maximum Gasteiger partial charge on any atom is 0.422 e.